The zero-order valence-electron chi connectivity index (χ0n) is 14.8. The predicted octanol–water partition coefficient (Wildman–Crippen LogP) is 3.21. The predicted molar refractivity (Wildman–Crippen MR) is 100 cm³/mol. The summed E-state index contributed by atoms with van der Waals surface area (Å²) in [6.07, 6.45) is 0. The molecular weight excluding hydrogens is 333 g/mol. The van der Waals surface area contributed by atoms with Gasteiger partial charge in [-0.1, -0.05) is 38.1 Å². The number of hydrogen-bond donors (Lipinski definition) is 3. The minimum absolute atomic E-state index is 0.0280. The summed E-state index contributed by atoms with van der Waals surface area (Å²) in [6.45, 7) is 3.37. The Bertz CT molecular complexity index is 940. The first kappa shape index (κ1) is 18.2. The zero-order valence-corrected chi connectivity index (χ0v) is 14.8. The van der Waals surface area contributed by atoms with Crippen molar-refractivity contribution in [3.63, 3.8) is 0 Å². The van der Waals surface area contributed by atoms with Crippen LogP contribution in [-0.4, -0.2) is 33.4 Å². The number of aromatic nitrogens is 2. The third kappa shape index (κ3) is 3.13. The smallest absolute Gasteiger partial charge is 0.137 e. The van der Waals surface area contributed by atoms with Crippen LogP contribution in [-0.2, 0) is 0 Å². The second kappa shape index (κ2) is 7.35. The second-order valence-corrected chi connectivity index (χ2v) is 6.59. The molecule has 136 valence electrons. The van der Waals surface area contributed by atoms with Crippen molar-refractivity contribution in [2.45, 2.75) is 25.7 Å². The second-order valence-electron chi connectivity index (χ2n) is 6.59. The van der Waals surface area contributed by atoms with Gasteiger partial charge in [-0.05, 0) is 23.4 Å². The van der Waals surface area contributed by atoms with E-state index in [1.807, 2.05) is 26.0 Å². The van der Waals surface area contributed by atoms with Gasteiger partial charge in [0.15, 0.2) is 0 Å². The van der Waals surface area contributed by atoms with E-state index in [0.29, 0.717) is 39.2 Å². The highest BCUT2D eigenvalue weighted by molar-refractivity contribution is 5.98. The van der Waals surface area contributed by atoms with Crippen LogP contribution in [0.15, 0.2) is 36.4 Å². The van der Waals surface area contributed by atoms with Crippen molar-refractivity contribution in [2.75, 3.05) is 18.9 Å². The van der Waals surface area contributed by atoms with Gasteiger partial charge in [-0.3, -0.25) is 0 Å². The van der Waals surface area contributed by atoms with Crippen LogP contribution in [0.25, 0.3) is 22.0 Å². The molecule has 0 bridgehead atoms. The van der Waals surface area contributed by atoms with Crippen molar-refractivity contribution in [1.29, 1.82) is 0 Å². The number of fused-ring (bicyclic) bond motifs is 1. The molecular formula is C20H22FN3O2. The van der Waals surface area contributed by atoms with Crippen molar-refractivity contribution in [3.8, 4) is 11.3 Å². The molecule has 1 heterocycles. The van der Waals surface area contributed by atoms with Crippen LogP contribution in [0.1, 0.15) is 37.2 Å². The van der Waals surface area contributed by atoms with E-state index in [4.69, 9.17) is 5.73 Å². The van der Waals surface area contributed by atoms with E-state index in [0.717, 1.165) is 0 Å². The molecule has 26 heavy (non-hydrogen) atoms. The zero-order chi connectivity index (χ0) is 18.8. The average Bonchev–Trinajstić information content (AvgIpc) is 2.64. The maximum Gasteiger partial charge on any atom is 0.137 e. The fourth-order valence-electron chi connectivity index (χ4n) is 3.02. The molecule has 0 aliphatic rings. The molecule has 0 unspecified atom stereocenters. The Morgan fingerprint density at radius 2 is 1.65 bits per heavy atom. The molecule has 0 saturated carbocycles. The summed E-state index contributed by atoms with van der Waals surface area (Å²) in [5, 5.41) is 20.2. The van der Waals surface area contributed by atoms with Gasteiger partial charge in [0.05, 0.1) is 36.2 Å². The molecule has 3 rings (SSSR count). The third-order valence-corrected chi connectivity index (χ3v) is 4.47. The molecule has 4 N–H and O–H groups in total. The van der Waals surface area contributed by atoms with E-state index in [-0.39, 0.29) is 24.9 Å². The molecule has 0 aliphatic heterocycles. The quantitative estimate of drug-likeness (QED) is 0.654. The first-order valence-electron chi connectivity index (χ1n) is 8.54. The number of nitrogens with two attached hydrogens (primary N) is 1. The maximum atomic E-state index is 14.2. The molecule has 0 fully saturated rings. The largest absolute Gasteiger partial charge is 0.396 e. The molecule has 5 nitrogen and oxygen atoms in total. The van der Waals surface area contributed by atoms with E-state index in [2.05, 4.69) is 9.97 Å². The summed E-state index contributed by atoms with van der Waals surface area (Å²) < 4.78 is 14.2. The van der Waals surface area contributed by atoms with Gasteiger partial charge in [0.25, 0.3) is 0 Å². The Balaban J connectivity index is 2.33. The van der Waals surface area contributed by atoms with Gasteiger partial charge >= 0.3 is 0 Å². The van der Waals surface area contributed by atoms with Crippen LogP contribution in [0, 0.1) is 5.82 Å². The number of nitrogens with zero attached hydrogens (tertiary/aromatic N) is 2. The summed E-state index contributed by atoms with van der Waals surface area (Å²) in [5.74, 6) is -0.556. The molecule has 2 aromatic carbocycles. The molecule has 0 saturated heterocycles. The van der Waals surface area contributed by atoms with Crippen LogP contribution < -0.4 is 5.73 Å². The normalized spacial score (nSPS) is 11.7. The molecule has 6 heteroatoms. The van der Waals surface area contributed by atoms with E-state index in [1.165, 1.54) is 6.07 Å². The van der Waals surface area contributed by atoms with Crippen molar-refractivity contribution in [3.05, 3.63) is 53.7 Å². The number of aliphatic hydroxyl groups excluding tert-OH is 2. The number of halogens is 1. The van der Waals surface area contributed by atoms with Gasteiger partial charge in [-0.25, -0.2) is 14.4 Å². The summed E-state index contributed by atoms with van der Waals surface area (Å²) >= 11 is 0. The van der Waals surface area contributed by atoms with Crippen LogP contribution in [0.3, 0.4) is 0 Å². The summed E-state index contributed by atoms with van der Waals surface area (Å²) in [6, 6.07) is 10.2. The first-order valence-corrected chi connectivity index (χ1v) is 8.54. The topological polar surface area (TPSA) is 92.3 Å². The van der Waals surface area contributed by atoms with Crippen LogP contribution >= 0.6 is 0 Å². The number of nitrogen functional groups attached to an aromatic ring is 1. The monoisotopic (exact) mass is 355 g/mol. The molecule has 0 radical (unpaired) electrons. The first-order chi connectivity index (χ1) is 12.5. The number of benzene rings is 2. The molecule has 0 spiro atoms. The van der Waals surface area contributed by atoms with Crippen LogP contribution in [0.2, 0.25) is 0 Å². The van der Waals surface area contributed by atoms with Gasteiger partial charge in [0.2, 0.25) is 0 Å². The van der Waals surface area contributed by atoms with Gasteiger partial charge in [-0.2, -0.15) is 0 Å². The van der Waals surface area contributed by atoms with E-state index < -0.39 is 5.92 Å². The average molecular weight is 355 g/mol. The fourth-order valence-corrected chi connectivity index (χ4v) is 3.02. The lowest BCUT2D eigenvalue weighted by atomic mass is 9.97. The SMILES string of the molecule is CC(C)c1nc(C(CO)CO)nc(-c2ccc(F)c3ccccc23)c1N. The van der Waals surface area contributed by atoms with E-state index >= 15 is 0 Å². The highest BCUT2D eigenvalue weighted by atomic mass is 19.1. The summed E-state index contributed by atoms with van der Waals surface area (Å²) in [5.41, 5.74) is 8.61. The van der Waals surface area contributed by atoms with Crippen molar-refractivity contribution >= 4 is 16.5 Å². The highest BCUT2D eigenvalue weighted by Crippen LogP contribution is 2.36. The Morgan fingerprint density at radius 3 is 2.27 bits per heavy atom. The highest BCUT2D eigenvalue weighted by Gasteiger charge is 2.21. The molecule has 0 amide bonds. The maximum absolute atomic E-state index is 14.2. The van der Waals surface area contributed by atoms with Crippen LogP contribution in [0.4, 0.5) is 10.1 Å². The van der Waals surface area contributed by atoms with Gasteiger partial charge in [0, 0.05) is 10.9 Å². The van der Waals surface area contributed by atoms with Gasteiger partial charge in [-0.15, -0.1) is 0 Å². The fraction of sp³-hybridized carbons (Fsp3) is 0.300. The Hall–Kier alpha value is -2.57. The lowest BCUT2D eigenvalue weighted by Crippen LogP contribution is -2.16. The minimum Gasteiger partial charge on any atom is -0.396 e. The molecule has 1 aromatic heterocycles. The number of rotatable bonds is 5. The Kier molecular flexibility index (Phi) is 5.15. The summed E-state index contributed by atoms with van der Waals surface area (Å²) in [7, 11) is 0. The van der Waals surface area contributed by atoms with Gasteiger partial charge < -0.3 is 15.9 Å². The van der Waals surface area contributed by atoms with Crippen molar-refractivity contribution in [2.24, 2.45) is 0 Å². The van der Waals surface area contributed by atoms with E-state index in [9.17, 15) is 14.6 Å². The standard InChI is InChI=1S/C20H22FN3O2/c1-11(2)18-17(22)19(24-20(23-18)12(9-25)10-26)15-7-8-16(21)14-6-4-3-5-13(14)15/h3-8,11-12,25-26H,9-10,22H2,1-2H3. The van der Waals surface area contributed by atoms with Crippen molar-refractivity contribution < 1.29 is 14.6 Å². The summed E-state index contributed by atoms with van der Waals surface area (Å²) in [4.78, 5) is 9.00. The Morgan fingerprint density at radius 1 is 1.00 bits per heavy atom. The van der Waals surface area contributed by atoms with Crippen LogP contribution in [0.5, 0.6) is 0 Å². The lowest BCUT2D eigenvalue weighted by Gasteiger charge is -2.18. The minimum atomic E-state index is -0.599. The van der Waals surface area contributed by atoms with Gasteiger partial charge in [0.1, 0.15) is 11.6 Å². The van der Waals surface area contributed by atoms with E-state index in [1.54, 1.807) is 18.2 Å². The number of hydrogen-bond acceptors (Lipinski definition) is 5. The molecule has 3 aromatic rings. The molecule has 0 atom stereocenters. The lowest BCUT2D eigenvalue weighted by molar-refractivity contribution is 0.187. The Labute approximate surface area is 151 Å². The molecule has 0 aliphatic carbocycles. The number of aliphatic hydroxyl groups is 2. The number of anilines is 1. The van der Waals surface area contributed by atoms with Crippen molar-refractivity contribution in [1.82, 2.24) is 9.97 Å². The third-order valence-electron chi connectivity index (χ3n) is 4.47.